The molecule has 7 nitrogen and oxygen atoms in total. The number of halogens is 1. The number of nitro benzene ring substituents is 1. The lowest BCUT2D eigenvalue weighted by Gasteiger charge is -2.24. The molecule has 8 heteroatoms. The Labute approximate surface area is 176 Å². The molecule has 3 aromatic rings. The molecule has 1 heterocycles. The molecule has 0 aliphatic carbocycles. The molecule has 0 amide bonds. The van der Waals surface area contributed by atoms with Gasteiger partial charge in [0.1, 0.15) is 0 Å². The van der Waals surface area contributed by atoms with Gasteiger partial charge in [-0.15, -0.1) is 0 Å². The fourth-order valence-corrected chi connectivity index (χ4v) is 3.38. The maximum Gasteiger partial charge on any atom is 0.339 e. The van der Waals surface area contributed by atoms with Gasteiger partial charge in [-0.1, -0.05) is 41.9 Å². The summed E-state index contributed by atoms with van der Waals surface area (Å²) in [6.45, 7) is 0. The standard InChI is InChI=1S/C22H14ClNO6/c23-15-9-5-13(6-10-15)19(20-17-3-1-2-4-18(17)22(26)30-20)29-21(25)14-7-11-16(12-8-14)24(27)28/h1-12,19-20H. The Morgan fingerprint density at radius 2 is 1.70 bits per heavy atom. The third-order valence-electron chi connectivity index (χ3n) is 4.74. The number of nitro groups is 1. The summed E-state index contributed by atoms with van der Waals surface area (Å²) >= 11 is 5.97. The zero-order valence-electron chi connectivity index (χ0n) is 15.4. The highest BCUT2D eigenvalue weighted by molar-refractivity contribution is 6.30. The van der Waals surface area contributed by atoms with Gasteiger partial charge >= 0.3 is 11.9 Å². The van der Waals surface area contributed by atoms with Crippen molar-refractivity contribution in [1.29, 1.82) is 0 Å². The molecule has 3 aromatic carbocycles. The molecule has 0 N–H and O–H groups in total. The Morgan fingerprint density at radius 3 is 2.37 bits per heavy atom. The number of fused-ring (bicyclic) bond motifs is 1. The molecule has 1 aliphatic heterocycles. The summed E-state index contributed by atoms with van der Waals surface area (Å²) in [4.78, 5) is 35.3. The lowest BCUT2D eigenvalue weighted by Crippen LogP contribution is -2.19. The molecule has 0 saturated heterocycles. The second kappa shape index (κ2) is 7.96. The van der Waals surface area contributed by atoms with Crippen molar-refractivity contribution in [2.45, 2.75) is 12.2 Å². The van der Waals surface area contributed by atoms with E-state index in [9.17, 15) is 19.7 Å². The number of carbonyl (C=O) groups excluding carboxylic acids is 2. The Hall–Kier alpha value is -3.71. The van der Waals surface area contributed by atoms with E-state index in [1.54, 1.807) is 48.5 Å². The normalized spacial score (nSPS) is 15.8. The zero-order valence-corrected chi connectivity index (χ0v) is 16.1. The fraction of sp³-hybridized carbons (Fsp3) is 0.0909. The van der Waals surface area contributed by atoms with Gasteiger partial charge in [-0.25, -0.2) is 9.59 Å². The number of cyclic esters (lactones) is 1. The predicted octanol–water partition coefficient (Wildman–Crippen LogP) is 5.06. The Kier molecular flexibility index (Phi) is 5.20. The van der Waals surface area contributed by atoms with Gasteiger partial charge in [0, 0.05) is 22.7 Å². The summed E-state index contributed by atoms with van der Waals surface area (Å²) in [5, 5.41) is 11.3. The first-order chi connectivity index (χ1) is 14.4. The minimum atomic E-state index is -0.933. The van der Waals surface area contributed by atoms with Gasteiger partial charge in [-0.05, 0) is 35.9 Å². The maximum absolute atomic E-state index is 12.8. The summed E-state index contributed by atoms with van der Waals surface area (Å²) in [6.07, 6.45) is -1.77. The van der Waals surface area contributed by atoms with Crippen molar-refractivity contribution < 1.29 is 24.0 Å². The quantitative estimate of drug-likeness (QED) is 0.323. The third kappa shape index (κ3) is 3.75. The van der Waals surface area contributed by atoms with Crippen LogP contribution < -0.4 is 0 Å². The predicted molar refractivity (Wildman–Crippen MR) is 107 cm³/mol. The molecule has 2 atom stereocenters. The number of ether oxygens (including phenoxy) is 2. The molecule has 0 spiro atoms. The molecule has 0 saturated carbocycles. The van der Waals surface area contributed by atoms with Gasteiger partial charge < -0.3 is 9.47 Å². The Balaban J connectivity index is 1.68. The summed E-state index contributed by atoms with van der Waals surface area (Å²) in [5.41, 5.74) is 1.60. The number of rotatable bonds is 5. The van der Waals surface area contributed by atoms with Crippen LogP contribution in [0.15, 0.2) is 72.8 Å². The molecule has 4 rings (SSSR count). The van der Waals surface area contributed by atoms with E-state index < -0.39 is 29.1 Å². The molecule has 0 aromatic heterocycles. The van der Waals surface area contributed by atoms with E-state index in [0.717, 1.165) is 0 Å². The highest BCUT2D eigenvalue weighted by Crippen LogP contribution is 2.42. The number of nitrogens with zero attached hydrogens (tertiary/aromatic N) is 1. The zero-order chi connectivity index (χ0) is 21.3. The van der Waals surface area contributed by atoms with Crippen LogP contribution in [0.25, 0.3) is 0 Å². The van der Waals surface area contributed by atoms with Crippen molar-refractivity contribution >= 4 is 29.2 Å². The molecule has 150 valence electrons. The summed E-state index contributed by atoms with van der Waals surface area (Å²) < 4.78 is 11.3. The number of esters is 2. The van der Waals surface area contributed by atoms with E-state index in [4.69, 9.17) is 21.1 Å². The van der Waals surface area contributed by atoms with Crippen LogP contribution in [0.1, 0.15) is 44.1 Å². The van der Waals surface area contributed by atoms with Gasteiger partial charge in [-0.2, -0.15) is 0 Å². The van der Waals surface area contributed by atoms with E-state index in [1.807, 2.05) is 0 Å². The highest BCUT2D eigenvalue weighted by Gasteiger charge is 2.39. The first-order valence-corrected chi connectivity index (χ1v) is 9.32. The minimum absolute atomic E-state index is 0.136. The number of benzene rings is 3. The van der Waals surface area contributed by atoms with Gasteiger partial charge in [-0.3, -0.25) is 10.1 Å². The van der Waals surface area contributed by atoms with E-state index in [0.29, 0.717) is 21.7 Å². The molecule has 0 radical (unpaired) electrons. The molecular weight excluding hydrogens is 410 g/mol. The third-order valence-corrected chi connectivity index (χ3v) is 4.99. The number of hydrogen-bond acceptors (Lipinski definition) is 6. The SMILES string of the molecule is O=C(OC(c1ccc(Cl)cc1)C1OC(=O)c2ccccc21)c1ccc([N+](=O)[O-])cc1. The summed E-state index contributed by atoms with van der Waals surface area (Å²) in [6, 6.07) is 18.6. The monoisotopic (exact) mass is 423 g/mol. The summed E-state index contributed by atoms with van der Waals surface area (Å²) in [5.74, 6) is -1.20. The van der Waals surface area contributed by atoms with E-state index in [2.05, 4.69) is 0 Å². The molecule has 0 bridgehead atoms. The van der Waals surface area contributed by atoms with Crippen molar-refractivity contribution in [2.24, 2.45) is 0 Å². The second-order valence-corrected chi connectivity index (χ2v) is 7.03. The van der Waals surface area contributed by atoms with Crippen molar-refractivity contribution in [3.05, 3.63) is 110 Å². The number of hydrogen-bond donors (Lipinski definition) is 0. The van der Waals surface area contributed by atoms with E-state index in [1.165, 1.54) is 24.3 Å². The maximum atomic E-state index is 12.8. The largest absolute Gasteiger partial charge is 0.450 e. The molecule has 30 heavy (non-hydrogen) atoms. The van der Waals surface area contributed by atoms with Crippen molar-refractivity contribution in [3.63, 3.8) is 0 Å². The van der Waals surface area contributed by atoms with Crippen LogP contribution in [0.3, 0.4) is 0 Å². The highest BCUT2D eigenvalue weighted by atomic mass is 35.5. The van der Waals surface area contributed by atoms with Crippen molar-refractivity contribution in [2.75, 3.05) is 0 Å². The van der Waals surface area contributed by atoms with Gasteiger partial charge in [0.15, 0.2) is 12.2 Å². The topological polar surface area (TPSA) is 95.7 Å². The molecule has 2 unspecified atom stereocenters. The second-order valence-electron chi connectivity index (χ2n) is 6.59. The molecule has 0 fully saturated rings. The number of carbonyl (C=O) groups is 2. The number of non-ortho nitro benzene ring substituents is 1. The molecule has 1 aliphatic rings. The Bertz CT molecular complexity index is 1130. The average molecular weight is 424 g/mol. The van der Waals surface area contributed by atoms with Crippen LogP contribution in [-0.4, -0.2) is 16.9 Å². The average Bonchev–Trinajstić information content (AvgIpc) is 3.09. The van der Waals surface area contributed by atoms with Gasteiger partial charge in [0.2, 0.25) is 0 Å². The Morgan fingerprint density at radius 1 is 1.03 bits per heavy atom. The van der Waals surface area contributed by atoms with Crippen LogP contribution in [0.2, 0.25) is 5.02 Å². The fourth-order valence-electron chi connectivity index (χ4n) is 3.26. The first kappa shape index (κ1) is 19.6. The van der Waals surface area contributed by atoms with Gasteiger partial charge in [0.05, 0.1) is 16.1 Å². The first-order valence-electron chi connectivity index (χ1n) is 8.95. The van der Waals surface area contributed by atoms with Crippen molar-refractivity contribution in [3.8, 4) is 0 Å². The van der Waals surface area contributed by atoms with E-state index in [-0.39, 0.29) is 11.3 Å². The van der Waals surface area contributed by atoms with Crippen LogP contribution in [-0.2, 0) is 9.47 Å². The summed E-state index contributed by atoms with van der Waals surface area (Å²) in [7, 11) is 0. The van der Waals surface area contributed by atoms with Crippen LogP contribution >= 0.6 is 11.6 Å². The van der Waals surface area contributed by atoms with Crippen LogP contribution in [0.5, 0.6) is 0 Å². The minimum Gasteiger partial charge on any atom is -0.450 e. The lowest BCUT2D eigenvalue weighted by molar-refractivity contribution is -0.384. The van der Waals surface area contributed by atoms with E-state index >= 15 is 0 Å². The molecular formula is C22H14ClNO6. The smallest absolute Gasteiger partial charge is 0.339 e. The van der Waals surface area contributed by atoms with Crippen LogP contribution in [0, 0.1) is 10.1 Å². The van der Waals surface area contributed by atoms with Crippen molar-refractivity contribution in [1.82, 2.24) is 0 Å². The van der Waals surface area contributed by atoms with Gasteiger partial charge in [0.25, 0.3) is 5.69 Å². The van der Waals surface area contributed by atoms with Crippen LogP contribution in [0.4, 0.5) is 5.69 Å². The lowest BCUT2D eigenvalue weighted by atomic mass is 9.96.